The van der Waals surface area contributed by atoms with Crippen LogP contribution in [0.4, 0.5) is 4.39 Å². The molecule has 0 aliphatic rings. The number of carbonyl (C=O) groups excluding carboxylic acids is 1. The number of hydrogen-bond acceptors (Lipinski definition) is 5. The smallest absolute Gasteiger partial charge is 0.230 e. The minimum absolute atomic E-state index is 0.0774. The van der Waals surface area contributed by atoms with Crippen molar-refractivity contribution in [2.75, 3.05) is 12.9 Å². The molecule has 7 heteroatoms. The van der Waals surface area contributed by atoms with Gasteiger partial charge in [0.15, 0.2) is 0 Å². The van der Waals surface area contributed by atoms with E-state index in [1.807, 2.05) is 24.3 Å². The van der Waals surface area contributed by atoms with Crippen LogP contribution in [0, 0.1) is 12.7 Å². The third-order valence-electron chi connectivity index (χ3n) is 4.14. The van der Waals surface area contributed by atoms with E-state index < -0.39 is 0 Å². The number of nitrogens with one attached hydrogen (secondary N) is 1. The van der Waals surface area contributed by atoms with Crippen molar-refractivity contribution in [2.45, 2.75) is 19.2 Å². The monoisotopic (exact) mass is 400 g/mol. The van der Waals surface area contributed by atoms with Gasteiger partial charge >= 0.3 is 0 Å². The number of nitrogens with zero attached hydrogens (tertiary/aromatic N) is 1. The van der Waals surface area contributed by atoms with E-state index in [1.54, 1.807) is 32.2 Å². The third kappa shape index (κ3) is 4.92. The van der Waals surface area contributed by atoms with Crippen molar-refractivity contribution in [1.29, 1.82) is 0 Å². The summed E-state index contributed by atoms with van der Waals surface area (Å²) >= 11 is 1.43. The molecular formula is C21H21FN2O3S. The van der Waals surface area contributed by atoms with Gasteiger partial charge in [0.25, 0.3) is 0 Å². The van der Waals surface area contributed by atoms with Gasteiger partial charge in [-0.1, -0.05) is 30.3 Å². The minimum Gasteiger partial charge on any atom is -0.496 e. The summed E-state index contributed by atoms with van der Waals surface area (Å²) in [5, 5.41) is 2.88. The van der Waals surface area contributed by atoms with E-state index in [2.05, 4.69) is 10.3 Å². The molecule has 146 valence electrons. The van der Waals surface area contributed by atoms with Crippen LogP contribution in [-0.4, -0.2) is 23.8 Å². The fraction of sp³-hybridized carbons (Fsp3) is 0.238. The largest absolute Gasteiger partial charge is 0.496 e. The molecule has 0 radical (unpaired) electrons. The number of para-hydroxylation sites is 1. The summed E-state index contributed by atoms with van der Waals surface area (Å²) in [6.45, 7) is 2.19. The van der Waals surface area contributed by atoms with Gasteiger partial charge in [-0.3, -0.25) is 4.79 Å². The lowest BCUT2D eigenvalue weighted by molar-refractivity contribution is -0.118. The van der Waals surface area contributed by atoms with Gasteiger partial charge in [0.1, 0.15) is 17.3 Å². The van der Waals surface area contributed by atoms with Crippen LogP contribution in [0.25, 0.3) is 11.5 Å². The van der Waals surface area contributed by atoms with E-state index in [0.717, 1.165) is 11.3 Å². The van der Waals surface area contributed by atoms with Crippen LogP contribution in [0.3, 0.4) is 0 Å². The van der Waals surface area contributed by atoms with Gasteiger partial charge in [-0.15, -0.1) is 11.8 Å². The summed E-state index contributed by atoms with van der Waals surface area (Å²) in [6, 6.07) is 13.9. The fourth-order valence-corrected chi connectivity index (χ4v) is 3.50. The lowest BCUT2D eigenvalue weighted by Crippen LogP contribution is -2.24. The van der Waals surface area contributed by atoms with Crippen LogP contribution >= 0.6 is 11.8 Å². The molecule has 3 aromatic rings. The van der Waals surface area contributed by atoms with Gasteiger partial charge in [-0.05, 0) is 25.1 Å². The normalized spacial score (nSPS) is 10.7. The minimum atomic E-state index is -0.376. The third-order valence-corrected chi connectivity index (χ3v) is 5.08. The highest BCUT2D eigenvalue weighted by molar-refractivity contribution is 7.99. The number of carbonyl (C=O) groups is 1. The number of halogens is 1. The summed E-state index contributed by atoms with van der Waals surface area (Å²) in [5.74, 6) is 1.97. The highest BCUT2D eigenvalue weighted by Gasteiger charge is 2.15. The Morgan fingerprint density at radius 1 is 1.21 bits per heavy atom. The first-order chi connectivity index (χ1) is 13.6. The van der Waals surface area contributed by atoms with Crippen LogP contribution < -0.4 is 10.1 Å². The van der Waals surface area contributed by atoms with Gasteiger partial charge < -0.3 is 14.5 Å². The molecule has 0 aliphatic carbocycles. The van der Waals surface area contributed by atoms with Crippen molar-refractivity contribution in [1.82, 2.24) is 10.3 Å². The predicted molar refractivity (Wildman–Crippen MR) is 108 cm³/mol. The number of aromatic nitrogens is 1. The van der Waals surface area contributed by atoms with Gasteiger partial charge in [0, 0.05) is 17.9 Å². The van der Waals surface area contributed by atoms with Crippen LogP contribution in [0.5, 0.6) is 5.75 Å². The molecule has 5 nitrogen and oxygen atoms in total. The second kappa shape index (κ2) is 9.41. The van der Waals surface area contributed by atoms with Gasteiger partial charge in [0.05, 0.1) is 24.1 Å². The Morgan fingerprint density at radius 3 is 2.75 bits per heavy atom. The summed E-state index contributed by atoms with van der Waals surface area (Å²) < 4.78 is 24.8. The zero-order chi connectivity index (χ0) is 19.9. The Kier molecular flexibility index (Phi) is 6.71. The topological polar surface area (TPSA) is 64.4 Å². The van der Waals surface area contributed by atoms with Gasteiger partial charge in [-0.25, -0.2) is 9.37 Å². The van der Waals surface area contributed by atoms with E-state index in [9.17, 15) is 9.18 Å². The molecule has 0 fully saturated rings. The van der Waals surface area contributed by atoms with Crippen molar-refractivity contribution >= 4 is 17.7 Å². The van der Waals surface area contributed by atoms with E-state index in [4.69, 9.17) is 9.15 Å². The maximum absolute atomic E-state index is 13.9. The van der Waals surface area contributed by atoms with Crippen LogP contribution in [-0.2, 0) is 17.1 Å². The Labute approximate surface area is 167 Å². The molecule has 1 amide bonds. The Hall–Kier alpha value is -2.80. The molecule has 1 N–H and O–H groups in total. The molecule has 3 rings (SSSR count). The predicted octanol–water partition coefficient (Wildman–Crippen LogP) is 4.35. The van der Waals surface area contributed by atoms with E-state index in [1.165, 1.54) is 17.8 Å². The van der Waals surface area contributed by atoms with Crippen molar-refractivity contribution in [3.05, 3.63) is 71.4 Å². The second-order valence-electron chi connectivity index (χ2n) is 6.08. The first kappa shape index (κ1) is 19.9. The number of thioether (sulfide) groups is 1. The number of rotatable bonds is 8. The highest BCUT2D eigenvalue weighted by atomic mass is 32.2. The van der Waals surface area contributed by atoms with Gasteiger partial charge in [-0.2, -0.15) is 0 Å². The molecule has 0 saturated carbocycles. The van der Waals surface area contributed by atoms with Gasteiger partial charge in [0.2, 0.25) is 11.8 Å². The van der Waals surface area contributed by atoms with Crippen LogP contribution in [0.15, 0.2) is 52.9 Å². The standard InChI is InChI=1S/C21H21FN2O3S/c1-14-18(24-21(27-14)16-8-4-5-9-17(16)22)12-28-13-20(25)23-11-15-7-3-6-10-19(15)26-2/h3-10H,11-13H2,1-2H3,(H,23,25). The van der Waals surface area contributed by atoms with Crippen molar-refractivity contribution in [3.63, 3.8) is 0 Å². The SMILES string of the molecule is COc1ccccc1CNC(=O)CSCc1nc(-c2ccccc2F)oc1C. The molecule has 28 heavy (non-hydrogen) atoms. The zero-order valence-corrected chi connectivity index (χ0v) is 16.5. The molecule has 0 atom stereocenters. The van der Waals surface area contributed by atoms with Crippen molar-refractivity contribution < 1.29 is 18.3 Å². The highest BCUT2D eigenvalue weighted by Crippen LogP contribution is 2.26. The average Bonchev–Trinajstić information content (AvgIpc) is 3.07. The molecule has 0 saturated heterocycles. The Morgan fingerprint density at radius 2 is 1.96 bits per heavy atom. The first-order valence-electron chi connectivity index (χ1n) is 8.76. The summed E-state index contributed by atoms with van der Waals surface area (Å²) in [4.78, 5) is 16.5. The molecule has 0 spiro atoms. The number of methoxy groups -OCH3 is 1. The lowest BCUT2D eigenvalue weighted by Gasteiger charge is -2.09. The maximum Gasteiger partial charge on any atom is 0.230 e. The fourth-order valence-electron chi connectivity index (χ4n) is 2.65. The van der Waals surface area contributed by atoms with Crippen LogP contribution in [0.2, 0.25) is 0 Å². The zero-order valence-electron chi connectivity index (χ0n) is 15.7. The summed E-state index contributed by atoms with van der Waals surface area (Å²) in [7, 11) is 1.60. The van der Waals surface area contributed by atoms with E-state index in [-0.39, 0.29) is 23.4 Å². The lowest BCUT2D eigenvalue weighted by atomic mass is 10.2. The first-order valence-corrected chi connectivity index (χ1v) is 9.91. The number of amides is 1. The molecular weight excluding hydrogens is 379 g/mol. The van der Waals surface area contributed by atoms with Crippen molar-refractivity contribution in [2.24, 2.45) is 0 Å². The molecule has 0 bridgehead atoms. The number of hydrogen-bond donors (Lipinski definition) is 1. The molecule has 1 heterocycles. The average molecular weight is 400 g/mol. The van der Waals surface area contributed by atoms with E-state index in [0.29, 0.717) is 29.3 Å². The number of oxazole rings is 1. The quantitative estimate of drug-likeness (QED) is 0.609. The molecule has 1 aromatic heterocycles. The maximum atomic E-state index is 13.9. The Balaban J connectivity index is 1.51. The van der Waals surface area contributed by atoms with E-state index >= 15 is 0 Å². The Bertz CT molecular complexity index is 958. The molecule has 0 unspecified atom stereocenters. The van der Waals surface area contributed by atoms with Crippen LogP contribution in [0.1, 0.15) is 17.0 Å². The molecule has 2 aromatic carbocycles. The molecule has 0 aliphatic heterocycles. The summed E-state index contributed by atoms with van der Waals surface area (Å²) in [5.41, 5.74) is 1.96. The number of benzene rings is 2. The summed E-state index contributed by atoms with van der Waals surface area (Å²) in [6.07, 6.45) is 0. The number of aryl methyl sites for hydroxylation is 1. The number of ether oxygens (including phenoxy) is 1. The second-order valence-corrected chi connectivity index (χ2v) is 7.07. The van der Waals surface area contributed by atoms with Crippen molar-refractivity contribution in [3.8, 4) is 17.2 Å².